The number of phenols is 1. The molecule has 146 valence electrons. The van der Waals surface area contributed by atoms with Gasteiger partial charge in [-0.2, -0.15) is 5.26 Å². The highest BCUT2D eigenvalue weighted by molar-refractivity contribution is 5.67. The number of ether oxygens (including phenoxy) is 1. The predicted octanol–water partition coefficient (Wildman–Crippen LogP) is 3.50. The third kappa shape index (κ3) is 3.29. The zero-order chi connectivity index (χ0) is 19.9. The highest BCUT2D eigenvalue weighted by Gasteiger charge is 2.53. The molecule has 4 atom stereocenters. The Hall–Kier alpha value is -2.72. The maximum atomic E-state index is 15.1. The number of aromatic nitrogens is 2. The third-order valence-electron chi connectivity index (χ3n) is 5.91. The fraction of sp³-hybridized carbons (Fsp3) is 0.476. The summed E-state index contributed by atoms with van der Waals surface area (Å²) in [6.07, 6.45) is 1.65. The van der Waals surface area contributed by atoms with Gasteiger partial charge >= 0.3 is 0 Å². The van der Waals surface area contributed by atoms with E-state index < -0.39 is 17.8 Å². The monoisotopic (exact) mass is 382 g/mol. The summed E-state index contributed by atoms with van der Waals surface area (Å²) in [5, 5.41) is 30.6. The molecule has 2 fully saturated rings. The Balaban J connectivity index is 1.53. The second-order valence-corrected chi connectivity index (χ2v) is 8.32. The van der Waals surface area contributed by atoms with Crippen molar-refractivity contribution in [2.24, 2.45) is 0 Å². The van der Waals surface area contributed by atoms with Gasteiger partial charge in [0.2, 0.25) is 5.88 Å². The van der Waals surface area contributed by atoms with Gasteiger partial charge in [-0.1, -0.05) is 0 Å². The Morgan fingerprint density at radius 1 is 1.25 bits per heavy atom. The SMILES string of the molecule is C[C@@]12CCC[C@@](C)(N1)[C@@H](F)[C@@H](Oc1ccc(-c3ccc(C#N)cc3O)nn1)C2. The van der Waals surface area contributed by atoms with E-state index in [0.717, 1.165) is 19.3 Å². The number of hydrogen-bond donors (Lipinski definition) is 2. The summed E-state index contributed by atoms with van der Waals surface area (Å²) < 4.78 is 21.0. The molecule has 0 amide bonds. The van der Waals surface area contributed by atoms with Crippen LogP contribution < -0.4 is 10.1 Å². The average molecular weight is 382 g/mol. The number of benzene rings is 1. The largest absolute Gasteiger partial charge is 0.507 e. The molecule has 2 aromatic rings. The van der Waals surface area contributed by atoms with Crippen molar-refractivity contribution in [1.82, 2.24) is 15.5 Å². The number of fused-ring (bicyclic) bond motifs is 2. The molecule has 28 heavy (non-hydrogen) atoms. The van der Waals surface area contributed by atoms with Crippen LogP contribution in [0.4, 0.5) is 4.39 Å². The maximum absolute atomic E-state index is 15.1. The first kappa shape index (κ1) is 18.6. The minimum absolute atomic E-state index is 0.0436. The molecule has 0 saturated carbocycles. The summed E-state index contributed by atoms with van der Waals surface area (Å²) in [6.45, 7) is 4.04. The van der Waals surface area contributed by atoms with Gasteiger partial charge in [0.15, 0.2) is 6.17 Å². The molecule has 7 heteroatoms. The lowest BCUT2D eigenvalue weighted by molar-refractivity contribution is -0.0626. The van der Waals surface area contributed by atoms with Crippen LogP contribution in [0.3, 0.4) is 0 Å². The van der Waals surface area contributed by atoms with Crippen molar-refractivity contribution < 1.29 is 14.2 Å². The van der Waals surface area contributed by atoms with Gasteiger partial charge in [0.25, 0.3) is 0 Å². The van der Waals surface area contributed by atoms with E-state index in [1.165, 1.54) is 6.07 Å². The number of nitrogens with zero attached hydrogens (tertiary/aromatic N) is 3. The molecule has 2 saturated heterocycles. The van der Waals surface area contributed by atoms with E-state index in [9.17, 15) is 5.11 Å². The lowest BCUT2D eigenvalue weighted by Crippen LogP contribution is -2.71. The summed E-state index contributed by atoms with van der Waals surface area (Å²) in [6, 6.07) is 9.87. The minimum atomic E-state index is -1.13. The second kappa shape index (κ2) is 6.71. The van der Waals surface area contributed by atoms with Crippen molar-refractivity contribution in [2.45, 2.75) is 62.9 Å². The molecule has 2 aliphatic rings. The van der Waals surface area contributed by atoms with Gasteiger partial charge in [0.1, 0.15) is 11.9 Å². The number of aromatic hydroxyl groups is 1. The van der Waals surface area contributed by atoms with Crippen LogP contribution in [0.25, 0.3) is 11.3 Å². The zero-order valence-electron chi connectivity index (χ0n) is 15.9. The molecule has 1 aromatic heterocycles. The molecule has 4 rings (SSSR count). The quantitative estimate of drug-likeness (QED) is 0.844. The van der Waals surface area contributed by atoms with Crippen LogP contribution in [0.5, 0.6) is 11.6 Å². The molecule has 2 aliphatic heterocycles. The molecule has 0 radical (unpaired) electrons. The van der Waals surface area contributed by atoms with Crippen LogP contribution in [0.1, 0.15) is 45.1 Å². The van der Waals surface area contributed by atoms with Gasteiger partial charge in [-0.05, 0) is 57.4 Å². The molecule has 1 aromatic carbocycles. The van der Waals surface area contributed by atoms with Crippen LogP contribution in [0, 0.1) is 11.3 Å². The van der Waals surface area contributed by atoms with Gasteiger partial charge in [-0.25, -0.2) is 4.39 Å². The number of nitrogens with one attached hydrogen (secondary N) is 1. The Bertz CT molecular complexity index is 929. The van der Waals surface area contributed by atoms with E-state index in [4.69, 9.17) is 10.00 Å². The van der Waals surface area contributed by atoms with E-state index in [2.05, 4.69) is 22.4 Å². The van der Waals surface area contributed by atoms with Crippen LogP contribution in [-0.4, -0.2) is 38.7 Å². The van der Waals surface area contributed by atoms with Crippen LogP contribution in [0.15, 0.2) is 30.3 Å². The van der Waals surface area contributed by atoms with Crippen molar-refractivity contribution in [3.63, 3.8) is 0 Å². The van der Waals surface area contributed by atoms with Crippen molar-refractivity contribution in [2.75, 3.05) is 0 Å². The summed E-state index contributed by atoms with van der Waals surface area (Å²) in [7, 11) is 0. The molecule has 3 heterocycles. The molecule has 2 N–H and O–H groups in total. The number of piperidine rings is 2. The van der Waals surface area contributed by atoms with Crippen LogP contribution in [-0.2, 0) is 0 Å². The lowest BCUT2D eigenvalue weighted by atomic mass is 9.69. The summed E-state index contributed by atoms with van der Waals surface area (Å²) in [5.41, 5.74) is 0.561. The van der Waals surface area contributed by atoms with Gasteiger partial charge in [-0.3, -0.25) is 0 Å². The molecular formula is C21H23FN4O2. The van der Waals surface area contributed by atoms with Crippen LogP contribution in [0.2, 0.25) is 0 Å². The number of nitriles is 1. The van der Waals surface area contributed by atoms with Crippen LogP contribution >= 0.6 is 0 Å². The number of hydrogen-bond acceptors (Lipinski definition) is 6. The lowest BCUT2D eigenvalue weighted by Gasteiger charge is -2.54. The summed E-state index contributed by atoms with van der Waals surface area (Å²) in [5.74, 6) is 0.217. The average Bonchev–Trinajstić information content (AvgIpc) is 2.66. The van der Waals surface area contributed by atoms with Gasteiger partial charge < -0.3 is 15.2 Å². The first-order valence-electron chi connectivity index (χ1n) is 9.49. The third-order valence-corrected chi connectivity index (χ3v) is 5.91. The topological polar surface area (TPSA) is 91.1 Å². The van der Waals surface area contributed by atoms with Gasteiger partial charge in [0.05, 0.1) is 22.9 Å². The van der Waals surface area contributed by atoms with E-state index in [-0.39, 0.29) is 17.2 Å². The smallest absolute Gasteiger partial charge is 0.233 e. The Kier molecular flexibility index (Phi) is 4.47. The standard InChI is InChI=1S/C21H23FN4O2/c1-20-8-3-9-21(2,26-20)19(22)17(11-20)28-18-7-6-15(24-25-18)14-5-4-13(12-23)10-16(14)27/h4-7,10,17,19,26-27H,3,8-9,11H2,1-2H3/t17-,19-,20-,21+/m0/s1. The summed E-state index contributed by atoms with van der Waals surface area (Å²) in [4.78, 5) is 0. The Labute approximate surface area is 163 Å². The highest BCUT2D eigenvalue weighted by atomic mass is 19.1. The fourth-order valence-electron chi connectivity index (χ4n) is 4.58. The number of rotatable bonds is 3. The summed E-state index contributed by atoms with van der Waals surface area (Å²) >= 11 is 0. The predicted molar refractivity (Wildman–Crippen MR) is 102 cm³/mol. The Morgan fingerprint density at radius 2 is 2.07 bits per heavy atom. The minimum Gasteiger partial charge on any atom is -0.507 e. The second-order valence-electron chi connectivity index (χ2n) is 8.32. The molecule has 0 aliphatic carbocycles. The first-order chi connectivity index (χ1) is 13.3. The Morgan fingerprint density at radius 3 is 2.75 bits per heavy atom. The number of phenolic OH excluding ortho intramolecular Hbond substituents is 1. The molecule has 2 bridgehead atoms. The maximum Gasteiger partial charge on any atom is 0.233 e. The van der Waals surface area contributed by atoms with Crippen molar-refractivity contribution in [3.05, 3.63) is 35.9 Å². The van der Waals surface area contributed by atoms with E-state index >= 15 is 4.39 Å². The highest BCUT2D eigenvalue weighted by Crippen LogP contribution is 2.42. The van der Waals surface area contributed by atoms with Gasteiger partial charge in [0, 0.05) is 23.6 Å². The van der Waals surface area contributed by atoms with E-state index in [1.54, 1.807) is 24.3 Å². The molecule has 6 nitrogen and oxygen atoms in total. The first-order valence-corrected chi connectivity index (χ1v) is 9.49. The number of alkyl halides is 1. The van der Waals surface area contributed by atoms with E-state index in [0.29, 0.717) is 23.2 Å². The van der Waals surface area contributed by atoms with Crippen molar-refractivity contribution in [3.8, 4) is 29.0 Å². The van der Waals surface area contributed by atoms with E-state index in [1.807, 2.05) is 13.0 Å². The molecule has 0 unspecified atom stereocenters. The van der Waals surface area contributed by atoms with Crippen molar-refractivity contribution >= 4 is 0 Å². The van der Waals surface area contributed by atoms with Gasteiger partial charge in [-0.15, -0.1) is 10.2 Å². The molecular weight excluding hydrogens is 359 g/mol. The molecule has 0 spiro atoms. The fourth-order valence-corrected chi connectivity index (χ4v) is 4.58. The number of halogens is 1. The van der Waals surface area contributed by atoms with Crippen molar-refractivity contribution in [1.29, 1.82) is 5.26 Å². The zero-order valence-corrected chi connectivity index (χ0v) is 15.9. The normalized spacial score (nSPS) is 31.8.